The minimum Gasteiger partial charge on any atom is -0.384 e. The predicted octanol–water partition coefficient (Wildman–Crippen LogP) is 2.97. The molecular weight excluding hydrogens is 322 g/mol. The highest BCUT2D eigenvalue weighted by molar-refractivity contribution is 7.88. The van der Waals surface area contributed by atoms with Crippen molar-refractivity contribution < 1.29 is 8.42 Å². The lowest BCUT2D eigenvalue weighted by atomic mass is 10.2. The van der Waals surface area contributed by atoms with Crippen molar-refractivity contribution in [3.8, 4) is 0 Å². The van der Waals surface area contributed by atoms with Gasteiger partial charge in [-0.05, 0) is 30.7 Å². The number of sulfonamides is 1. The number of hydrogen-bond donors (Lipinski definition) is 1. The van der Waals surface area contributed by atoms with Crippen molar-refractivity contribution in [1.82, 2.24) is 9.29 Å². The van der Waals surface area contributed by atoms with Crippen molar-refractivity contribution in [2.45, 2.75) is 13.3 Å². The molecule has 0 amide bonds. The van der Waals surface area contributed by atoms with Gasteiger partial charge in [-0.3, -0.25) is 4.98 Å². The van der Waals surface area contributed by atoms with Crippen LogP contribution >= 0.6 is 11.6 Å². The summed E-state index contributed by atoms with van der Waals surface area (Å²) in [6, 6.07) is 7.50. The van der Waals surface area contributed by atoms with Gasteiger partial charge < -0.3 is 5.32 Å². The Morgan fingerprint density at radius 3 is 2.77 bits per heavy atom. The monoisotopic (exact) mass is 341 g/mol. The Morgan fingerprint density at radius 1 is 1.32 bits per heavy atom. The molecule has 2 aromatic rings. The summed E-state index contributed by atoms with van der Waals surface area (Å²) in [6.45, 7) is 3.54. The number of benzene rings is 1. The molecule has 0 aliphatic heterocycles. The maximum atomic E-state index is 11.5. The van der Waals surface area contributed by atoms with Gasteiger partial charge in [-0.1, -0.05) is 18.5 Å². The largest absolute Gasteiger partial charge is 0.384 e. The minimum atomic E-state index is -3.12. The second-order valence-corrected chi connectivity index (χ2v) is 7.47. The second-order valence-electron chi connectivity index (χ2n) is 5.05. The summed E-state index contributed by atoms with van der Waals surface area (Å²) < 4.78 is 24.5. The number of fused-ring (bicyclic) bond motifs is 1. The van der Waals surface area contributed by atoms with Crippen LogP contribution in [-0.2, 0) is 10.0 Å². The predicted molar refractivity (Wildman–Crippen MR) is 92.0 cm³/mol. The van der Waals surface area contributed by atoms with Gasteiger partial charge in [-0.25, -0.2) is 12.7 Å². The molecule has 0 saturated heterocycles. The van der Waals surface area contributed by atoms with Crippen molar-refractivity contribution in [1.29, 1.82) is 0 Å². The van der Waals surface area contributed by atoms with Gasteiger partial charge in [-0.15, -0.1) is 0 Å². The Bertz CT molecular complexity index is 750. The fourth-order valence-electron chi connectivity index (χ4n) is 2.31. The molecule has 120 valence electrons. The lowest BCUT2D eigenvalue weighted by Gasteiger charge is -2.18. The molecule has 0 aliphatic rings. The lowest BCUT2D eigenvalue weighted by molar-refractivity contribution is 0.429. The number of halogens is 1. The van der Waals surface area contributed by atoms with E-state index < -0.39 is 10.0 Å². The highest BCUT2D eigenvalue weighted by atomic mass is 35.5. The van der Waals surface area contributed by atoms with E-state index in [2.05, 4.69) is 10.3 Å². The molecule has 0 unspecified atom stereocenters. The third-order valence-corrected chi connectivity index (χ3v) is 5.04. The standard InChI is InChI=1S/C15H20ClN3O2S/c1-3-19(22(2,20)21)10-4-8-17-14-7-9-18-15-11-12(16)5-6-13(14)15/h5-7,9,11H,3-4,8,10H2,1-2H3,(H,17,18). The molecule has 2 rings (SSSR count). The molecule has 5 nitrogen and oxygen atoms in total. The summed E-state index contributed by atoms with van der Waals surface area (Å²) in [7, 11) is -3.12. The number of nitrogens with zero attached hydrogens (tertiary/aromatic N) is 2. The van der Waals surface area contributed by atoms with Crippen molar-refractivity contribution >= 4 is 38.2 Å². The first kappa shape index (κ1) is 17.0. The molecule has 0 saturated carbocycles. The van der Waals surface area contributed by atoms with Crippen LogP contribution in [-0.4, -0.2) is 43.6 Å². The van der Waals surface area contributed by atoms with Crippen LogP contribution in [0.2, 0.25) is 5.02 Å². The second kappa shape index (κ2) is 7.26. The van der Waals surface area contributed by atoms with E-state index in [0.29, 0.717) is 24.7 Å². The summed E-state index contributed by atoms with van der Waals surface area (Å²) in [5.41, 5.74) is 1.81. The Kier molecular flexibility index (Phi) is 5.61. The van der Waals surface area contributed by atoms with E-state index in [1.807, 2.05) is 31.2 Å². The van der Waals surface area contributed by atoms with Crippen LogP contribution in [0.4, 0.5) is 5.69 Å². The van der Waals surface area contributed by atoms with E-state index in [1.54, 1.807) is 6.20 Å². The van der Waals surface area contributed by atoms with E-state index in [4.69, 9.17) is 11.6 Å². The topological polar surface area (TPSA) is 62.3 Å². The van der Waals surface area contributed by atoms with Crippen LogP contribution in [0.3, 0.4) is 0 Å². The first-order chi connectivity index (χ1) is 10.4. The van der Waals surface area contributed by atoms with E-state index >= 15 is 0 Å². The normalized spacial score (nSPS) is 12.0. The van der Waals surface area contributed by atoms with Crippen LogP contribution < -0.4 is 5.32 Å². The summed E-state index contributed by atoms with van der Waals surface area (Å²) in [5, 5.41) is 4.99. The first-order valence-corrected chi connectivity index (χ1v) is 9.37. The van der Waals surface area contributed by atoms with Crippen molar-refractivity contribution in [3.05, 3.63) is 35.5 Å². The van der Waals surface area contributed by atoms with Crippen molar-refractivity contribution in [2.24, 2.45) is 0 Å². The average molecular weight is 342 g/mol. The summed E-state index contributed by atoms with van der Waals surface area (Å²) in [4.78, 5) is 4.29. The average Bonchev–Trinajstić information content (AvgIpc) is 2.45. The van der Waals surface area contributed by atoms with Crippen LogP contribution in [0.25, 0.3) is 10.9 Å². The van der Waals surface area contributed by atoms with E-state index in [9.17, 15) is 8.42 Å². The Labute approximate surface area is 136 Å². The molecule has 0 fully saturated rings. The summed E-state index contributed by atoms with van der Waals surface area (Å²) in [6.07, 6.45) is 3.71. The molecule has 1 heterocycles. The molecule has 1 aromatic carbocycles. The van der Waals surface area contributed by atoms with Gasteiger partial charge in [0.15, 0.2) is 0 Å². The minimum absolute atomic E-state index is 0.496. The quantitative estimate of drug-likeness (QED) is 0.786. The number of hydrogen-bond acceptors (Lipinski definition) is 4. The maximum absolute atomic E-state index is 11.5. The zero-order valence-corrected chi connectivity index (χ0v) is 14.3. The molecule has 0 spiro atoms. The highest BCUT2D eigenvalue weighted by Crippen LogP contribution is 2.24. The molecule has 0 aliphatic carbocycles. The number of nitrogens with one attached hydrogen (secondary N) is 1. The van der Waals surface area contributed by atoms with Crippen LogP contribution in [0, 0.1) is 0 Å². The van der Waals surface area contributed by atoms with Crippen LogP contribution in [0.5, 0.6) is 0 Å². The van der Waals surface area contributed by atoms with E-state index in [-0.39, 0.29) is 0 Å². The molecule has 1 N–H and O–H groups in total. The Morgan fingerprint density at radius 2 is 2.09 bits per heavy atom. The molecule has 0 atom stereocenters. The molecule has 0 bridgehead atoms. The zero-order chi connectivity index (χ0) is 16.2. The van der Waals surface area contributed by atoms with Gasteiger partial charge in [-0.2, -0.15) is 0 Å². The summed E-state index contributed by atoms with van der Waals surface area (Å²) >= 11 is 5.97. The number of anilines is 1. The van der Waals surface area contributed by atoms with Crippen LogP contribution in [0.15, 0.2) is 30.5 Å². The molecule has 7 heteroatoms. The Hall–Kier alpha value is -1.37. The number of aromatic nitrogens is 1. The Balaban J connectivity index is 1.98. The van der Waals surface area contributed by atoms with Gasteiger partial charge in [0.05, 0.1) is 11.8 Å². The first-order valence-electron chi connectivity index (χ1n) is 7.15. The third-order valence-electron chi connectivity index (χ3n) is 3.43. The van der Waals surface area contributed by atoms with Gasteiger partial charge in [0.2, 0.25) is 10.0 Å². The van der Waals surface area contributed by atoms with E-state index in [1.165, 1.54) is 10.6 Å². The number of pyridine rings is 1. The lowest BCUT2D eigenvalue weighted by Crippen LogP contribution is -2.31. The molecule has 22 heavy (non-hydrogen) atoms. The van der Waals surface area contributed by atoms with Gasteiger partial charge in [0, 0.05) is 41.9 Å². The SMILES string of the molecule is CCN(CCCNc1ccnc2cc(Cl)ccc12)S(C)(=O)=O. The van der Waals surface area contributed by atoms with E-state index in [0.717, 1.165) is 23.0 Å². The third kappa shape index (κ3) is 4.32. The smallest absolute Gasteiger partial charge is 0.211 e. The fraction of sp³-hybridized carbons (Fsp3) is 0.400. The zero-order valence-electron chi connectivity index (χ0n) is 12.7. The molecule has 1 aromatic heterocycles. The maximum Gasteiger partial charge on any atom is 0.211 e. The fourth-order valence-corrected chi connectivity index (χ4v) is 3.41. The molecule has 0 radical (unpaired) electrons. The van der Waals surface area contributed by atoms with Crippen molar-refractivity contribution in [2.75, 3.05) is 31.2 Å². The van der Waals surface area contributed by atoms with Gasteiger partial charge in [0.25, 0.3) is 0 Å². The molecular formula is C15H20ClN3O2S. The van der Waals surface area contributed by atoms with Crippen LogP contribution in [0.1, 0.15) is 13.3 Å². The highest BCUT2D eigenvalue weighted by Gasteiger charge is 2.13. The van der Waals surface area contributed by atoms with Crippen molar-refractivity contribution in [3.63, 3.8) is 0 Å². The van der Waals surface area contributed by atoms with Gasteiger partial charge in [0.1, 0.15) is 0 Å². The van der Waals surface area contributed by atoms with Gasteiger partial charge >= 0.3 is 0 Å². The number of rotatable bonds is 7. The summed E-state index contributed by atoms with van der Waals surface area (Å²) in [5.74, 6) is 0.